The third-order valence-corrected chi connectivity index (χ3v) is 4.94. The maximum absolute atomic E-state index is 11.7. The van der Waals surface area contributed by atoms with Crippen LogP contribution in [0.5, 0.6) is 0 Å². The van der Waals surface area contributed by atoms with Gasteiger partial charge in [0, 0.05) is 18.3 Å². The molecule has 17 heavy (non-hydrogen) atoms. The van der Waals surface area contributed by atoms with Gasteiger partial charge in [-0.15, -0.1) is 0 Å². The normalized spacial score (nSPS) is 19.0. The molecule has 1 saturated carbocycles. The molecule has 6 heteroatoms. The second-order valence-electron chi connectivity index (χ2n) is 4.52. The summed E-state index contributed by atoms with van der Waals surface area (Å²) in [5.74, 6) is -0.995. The standard InChI is InChI=1S/C11H20N2O3S/c1-8(9(14)15)13(2)10(16)12-7-11(17-3)5-4-6-11/h8H,4-7H2,1-3H3,(H,12,16)(H,14,15). The molecule has 1 aliphatic rings. The van der Waals surface area contributed by atoms with E-state index in [0.29, 0.717) is 6.54 Å². The van der Waals surface area contributed by atoms with Gasteiger partial charge in [-0.3, -0.25) is 0 Å². The van der Waals surface area contributed by atoms with Crippen LogP contribution in [-0.4, -0.2) is 52.6 Å². The molecule has 1 aliphatic carbocycles. The Kier molecular flexibility index (Phi) is 4.68. The Labute approximate surface area is 106 Å². The molecule has 0 heterocycles. The Hall–Kier alpha value is -0.910. The molecule has 0 aromatic carbocycles. The molecular weight excluding hydrogens is 240 g/mol. The van der Waals surface area contributed by atoms with Crippen molar-refractivity contribution in [2.45, 2.75) is 37.0 Å². The number of nitrogens with one attached hydrogen (secondary N) is 1. The summed E-state index contributed by atoms with van der Waals surface area (Å²) in [6.07, 6.45) is 5.49. The Bertz CT molecular complexity index is 300. The third kappa shape index (κ3) is 3.28. The van der Waals surface area contributed by atoms with Gasteiger partial charge in [0.25, 0.3) is 0 Å². The lowest BCUT2D eigenvalue weighted by Crippen LogP contribution is -2.51. The fourth-order valence-corrected chi connectivity index (χ4v) is 2.64. The molecule has 0 saturated heterocycles. The first-order valence-corrected chi connectivity index (χ1v) is 6.93. The first kappa shape index (κ1) is 14.2. The topological polar surface area (TPSA) is 69.6 Å². The number of amides is 2. The number of carboxylic acids is 1. The van der Waals surface area contributed by atoms with Crippen molar-refractivity contribution < 1.29 is 14.7 Å². The number of thioether (sulfide) groups is 1. The molecule has 0 bridgehead atoms. The number of aliphatic carboxylic acids is 1. The van der Waals surface area contributed by atoms with Crippen LogP contribution in [-0.2, 0) is 4.79 Å². The van der Waals surface area contributed by atoms with E-state index in [1.807, 2.05) is 0 Å². The number of likely N-dealkylation sites (N-methyl/N-ethyl adjacent to an activating group) is 1. The zero-order valence-corrected chi connectivity index (χ0v) is 11.3. The first-order chi connectivity index (χ1) is 7.92. The maximum Gasteiger partial charge on any atom is 0.326 e. The highest BCUT2D eigenvalue weighted by molar-refractivity contribution is 8.00. The first-order valence-electron chi connectivity index (χ1n) is 5.70. The van der Waals surface area contributed by atoms with Crippen LogP contribution in [0.25, 0.3) is 0 Å². The lowest BCUT2D eigenvalue weighted by Gasteiger charge is -2.40. The van der Waals surface area contributed by atoms with Gasteiger partial charge >= 0.3 is 12.0 Å². The minimum Gasteiger partial charge on any atom is -0.480 e. The number of nitrogens with zero attached hydrogens (tertiary/aromatic N) is 1. The van der Waals surface area contributed by atoms with E-state index in [4.69, 9.17) is 5.11 Å². The van der Waals surface area contributed by atoms with Crippen LogP contribution in [0.15, 0.2) is 0 Å². The zero-order valence-electron chi connectivity index (χ0n) is 10.5. The summed E-state index contributed by atoms with van der Waals surface area (Å²) in [6.45, 7) is 2.11. The van der Waals surface area contributed by atoms with Crippen LogP contribution in [0, 0.1) is 0 Å². The predicted octanol–water partition coefficient (Wildman–Crippen LogP) is 1.39. The summed E-state index contributed by atoms with van der Waals surface area (Å²) in [4.78, 5) is 23.7. The molecular formula is C11H20N2O3S. The Balaban J connectivity index is 2.41. The molecule has 98 valence electrons. The van der Waals surface area contributed by atoms with E-state index in [0.717, 1.165) is 12.8 Å². The lowest BCUT2D eigenvalue weighted by molar-refractivity contribution is -0.141. The van der Waals surface area contributed by atoms with Crippen LogP contribution < -0.4 is 5.32 Å². The van der Waals surface area contributed by atoms with E-state index < -0.39 is 12.0 Å². The highest BCUT2D eigenvalue weighted by Gasteiger charge is 2.36. The summed E-state index contributed by atoms with van der Waals surface area (Å²) in [6, 6.07) is -1.12. The van der Waals surface area contributed by atoms with E-state index in [2.05, 4.69) is 11.6 Å². The van der Waals surface area contributed by atoms with Crippen molar-refractivity contribution in [1.82, 2.24) is 10.2 Å². The number of hydrogen-bond acceptors (Lipinski definition) is 3. The number of hydrogen-bond donors (Lipinski definition) is 2. The molecule has 5 nitrogen and oxygen atoms in total. The molecule has 1 unspecified atom stereocenters. The fourth-order valence-electron chi connectivity index (χ4n) is 1.73. The van der Waals surface area contributed by atoms with Crippen molar-refractivity contribution in [3.63, 3.8) is 0 Å². The molecule has 2 N–H and O–H groups in total. The molecule has 1 rings (SSSR count). The summed E-state index contributed by atoms with van der Waals surface area (Å²) in [5.41, 5.74) is 0. The van der Waals surface area contributed by atoms with Gasteiger partial charge in [0.2, 0.25) is 0 Å². The van der Waals surface area contributed by atoms with Gasteiger partial charge in [-0.05, 0) is 26.0 Å². The Morgan fingerprint density at radius 1 is 1.53 bits per heavy atom. The summed E-state index contributed by atoms with van der Waals surface area (Å²) < 4.78 is 0.170. The molecule has 0 spiro atoms. The number of carboxylic acid groups (broad SMARTS) is 1. The van der Waals surface area contributed by atoms with Crippen LogP contribution in [0.1, 0.15) is 26.2 Å². The minimum absolute atomic E-state index is 0.170. The third-order valence-electron chi connectivity index (χ3n) is 3.52. The highest BCUT2D eigenvalue weighted by atomic mass is 32.2. The molecule has 1 atom stereocenters. The van der Waals surface area contributed by atoms with Crippen LogP contribution in [0.2, 0.25) is 0 Å². The fraction of sp³-hybridized carbons (Fsp3) is 0.818. The highest BCUT2D eigenvalue weighted by Crippen LogP contribution is 2.42. The van der Waals surface area contributed by atoms with E-state index in [1.54, 1.807) is 11.8 Å². The van der Waals surface area contributed by atoms with Gasteiger partial charge < -0.3 is 15.3 Å². The van der Waals surface area contributed by atoms with Gasteiger partial charge in [-0.2, -0.15) is 11.8 Å². The number of urea groups is 1. The summed E-state index contributed by atoms with van der Waals surface area (Å²) in [7, 11) is 1.50. The van der Waals surface area contributed by atoms with Crippen molar-refractivity contribution in [2.75, 3.05) is 19.8 Å². The van der Waals surface area contributed by atoms with E-state index in [-0.39, 0.29) is 10.8 Å². The van der Waals surface area contributed by atoms with Crippen molar-refractivity contribution >= 4 is 23.8 Å². The van der Waals surface area contributed by atoms with Crippen molar-refractivity contribution in [3.05, 3.63) is 0 Å². The van der Waals surface area contributed by atoms with Crippen molar-refractivity contribution in [2.24, 2.45) is 0 Å². The molecule has 1 fully saturated rings. The minimum atomic E-state index is -0.995. The smallest absolute Gasteiger partial charge is 0.326 e. The average molecular weight is 260 g/mol. The van der Waals surface area contributed by atoms with Gasteiger partial charge in [-0.25, -0.2) is 9.59 Å². The van der Waals surface area contributed by atoms with Crippen LogP contribution in [0.4, 0.5) is 4.79 Å². The second-order valence-corrected chi connectivity index (χ2v) is 5.80. The van der Waals surface area contributed by atoms with Gasteiger partial charge in [0.1, 0.15) is 6.04 Å². The molecule has 0 aromatic rings. The van der Waals surface area contributed by atoms with Gasteiger partial charge in [-0.1, -0.05) is 6.42 Å². The van der Waals surface area contributed by atoms with Gasteiger partial charge in [0.15, 0.2) is 0 Å². The predicted molar refractivity (Wildman–Crippen MR) is 68.4 cm³/mol. The van der Waals surface area contributed by atoms with E-state index in [9.17, 15) is 9.59 Å². The Morgan fingerprint density at radius 2 is 2.12 bits per heavy atom. The van der Waals surface area contributed by atoms with Crippen LogP contribution >= 0.6 is 11.8 Å². The molecule has 0 aromatic heterocycles. The van der Waals surface area contributed by atoms with E-state index in [1.165, 1.54) is 25.3 Å². The lowest BCUT2D eigenvalue weighted by atomic mass is 9.84. The number of carbonyl (C=O) groups excluding carboxylic acids is 1. The molecule has 0 radical (unpaired) electrons. The SMILES string of the molecule is CSC1(CNC(=O)N(C)C(C)C(=O)O)CCC1. The Morgan fingerprint density at radius 3 is 2.47 bits per heavy atom. The van der Waals surface area contributed by atoms with Gasteiger partial charge in [0.05, 0.1) is 0 Å². The quantitative estimate of drug-likeness (QED) is 0.783. The van der Waals surface area contributed by atoms with Crippen molar-refractivity contribution in [3.8, 4) is 0 Å². The molecule has 0 aliphatic heterocycles. The zero-order chi connectivity index (χ0) is 13.1. The van der Waals surface area contributed by atoms with Crippen molar-refractivity contribution in [1.29, 1.82) is 0 Å². The average Bonchev–Trinajstić information content (AvgIpc) is 2.25. The number of carbonyl (C=O) groups is 2. The summed E-state index contributed by atoms with van der Waals surface area (Å²) in [5, 5.41) is 11.6. The van der Waals surface area contributed by atoms with Crippen LogP contribution in [0.3, 0.4) is 0 Å². The summed E-state index contributed by atoms with van der Waals surface area (Å²) >= 11 is 1.78. The largest absolute Gasteiger partial charge is 0.480 e. The maximum atomic E-state index is 11.7. The second kappa shape index (κ2) is 5.62. The molecule has 2 amide bonds. The monoisotopic (exact) mass is 260 g/mol. The van der Waals surface area contributed by atoms with E-state index >= 15 is 0 Å². The number of rotatable bonds is 5.